The minimum absolute atomic E-state index is 0.0936. The van der Waals surface area contributed by atoms with E-state index >= 15 is 0 Å². The quantitative estimate of drug-likeness (QED) is 0.727. The van der Waals surface area contributed by atoms with Gasteiger partial charge in [-0.2, -0.15) is 4.31 Å². The Hall–Kier alpha value is -1.96. The smallest absolute Gasteiger partial charge is 0.218 e. The highest BCUT2D eigenvalue weighted by atomic mass is 32.2. The highest BCUT2D eigenvalue weighted by Crippen LogP contribution is 2.17. The Balaban J connectivity index is 1.45. The van der Waals surface area contributed by atoms with Gasteiger partial charge in [0.1, 0.15) is 18.2 Å². The van der Waals surface area contributed by atoms with Gasteiger partial charge >= 0.3 is 0 Å². The molecule has 0 atom stereocenters. The van der Waals surface area contributed by atoms with Gasteiger partial charge in [0, 0.05) is 32.7 Å². The Kier molecular flexibility index (Phi) is 6.46. The summed E-state index contributed by atoms with van der Waals surface area (Å²) in [6, 6.07) is 13.5. The van der Waals surface area contributed by atoms with E-state index in [1.165, 1.54) is 28.6 Å². The largest absolute Gasteiger partial charge is 0.492 e. The molecule has 1 aliphatic rings. The average molecular weight is 392 g/mol. The third-order valence-electron chi connectivity index (χ3n) is 4.75. The summed E-state index contributed by atoms with van der Waals surface area (Å²) in [5.74, 6) is 0.430. The molecule has 0 aliphatic carbocycles. The topological polar surface area (TPSA) is 49.9 Å². The molecule has 7 heteroatoms. The molecule has 5 nitrogen and oxygen atoms in total. The maximum absolute atomic E-state index is 13.0. The summed E-state index contributed by atoms with van der Waals surface area (Å²) >= 11 is 0. The van der Waals surface area contributed by atoms with E-state index in [1.807, 2.05) is 31.2 Å². The molecule has 1 fully saturated rings. The van der Waals surface area contributed by atoms with Crippen LogP contribution in [0.2, 0.25) is 0 Å². The molecule has 3 rings (SSSR count). The third kappa shape index (κ3) is 5.51. The number of sulfonamides is 1. The van der Waals surface area contributed by atoms with Gasteiger partial charge in [-0.25, -0.2) is 12.8 Å². The molecule has 0 radical (unpaired) electrons. The van der Waals surface area contributed by atoms with E-state index in [0.29, 0.717) is 38.3 Å². The van der Waals surface area contributed by atoms with E-state index in [1.54, 1.807) is 0 Å². The van der Waals surface area contributed by atoms with Crippen LogP contribution in [0.5, 0.6) is 5.75 Å². The Bertz CT molecular complexity index is 848. The van der Waals surface area contributed by atoms with Crippen molar-refractivity contribution in [1.29, 1.82) is 0 Å². The van der Waals surface area contributed by atoms with Gasteiger partial charge in [0.2, 0.25) is 10.0 Å². The molecular weight excluding hydrogens is 367 g/mol. The molecule has 0 unspecified atom stereocenters. The van der Waals surface area contributed by atoms with Crippen LogP contribution in [-0.2, 0) is 15.8 Å². The van der Waals surface area contributed by atoms with Crippen molar-refractivity contribution in [2.75, 3.05) is 39.3 Å². The van der Waals surface area contributed by atoms with Gasteiger partial charge in [-0.15, -0.1) is 0 Å². The first-order valence-electron chi connectivity index (χ1n) is 9.07. The van der Waals surface area contributed by atoms with E-state index in [9.17, 15) is 12.8 Å². The predicted molar refractivity (Wildman–Crippen MR) is 104 cm³/mol. The lowest BCUT2D eigenvalue weighted by Gasteiger charge is -2.33. The maximum atomic E-state index is 13.0. The van der Waals surface area contributed by atoms with Crippen molar-refractivity contribution in [3.63, 3.8) is 0 Å². The molecule has 1 saturated heterocycles. The van der Waals surface area contributed by atoms with Crippen LogP contribution in [0.1, 0.15) is 11.1 Å². The molecule has 0 amide bonds. The van der Waals surface area contributed by atoms with E-state index in [4.69, 9.17) is 4.74 Å². The fourth-order valence-electron chi connectivity index (χ4n) is 3.12. The summed E-state index contributed by atoms with van der Waals surface area (Å²) in [7, 11) is -3.39. The zero-order chi connectivity index (χ0) is 19.3. The Morgan fingerprint density at radius 3 is 2.33 bits per heavy atom. The highest BCUT2D eigenvalue weighted by molar-refractivity contribution is 7.88. The molecule has 0 aromatic heterocycles. The molecule has 146 valence electrons. The number of para-hydroxylation sites is 1. The second-order valence-corrected chi connectivity index (χ2v) is 8.71. The van der Waals surface area contributed by atoms with Crippen LogP contribution in [-0.4, -0.2) is 57.0 Å². The van der Waals surface area contributed by atoms with Crippen molar-refractivity contribution in [3.8, 4) is 5.75 Å². The maximum Gasteiger partial charge on any atom is 0.218 e. The molecule has 1 heterocycles. The van der Waals surface area contributed by atoms with Gasteiger partial charge in [0.25, 0.3) is 0 Å². The van der Waals surface area contributed by atoms with Crippen LogP contribution in [0, 0.1) is 12.7 Å². The molecule has 1 aliphatic heterocycles. The number of ether oxygens (including phenoxy) is 1. The summed E-state index contributed by atoms with van der Waals surface area (Å²) in [4.78, 5) is 2.21. The van der Waals surface area contributed by atoms with E-state index in [2.05, 4.69) is 4.90 Å². The summed E-state index contributed by atoms with van der Waals surface area (Å²) in [6.45, 7) is 5.65. The van der Waals surface area contributed by atoms with Crippen molar-refractivity contribution >= 4 is 10.0 Å². The monoisotopic (exact) mass is 392 g/mol. The number of halogens is 1. The summed E-state index contributed by atoms with van der Waals surface area (Å²) in [5, 5.41) is 0. The standard InChI is InChI=1S/C20H25FN2O3S/c1-17-4-2-3-5-20(17)26-15-14-22-10-12-23(13-11-22)27(24,25)16-18-6-8-19(21)9-7-18/h2-9H,10-16H2,1H3. The second-order valence-electron chi connectivity index (χ2n) is 6.74. The lowest BCUT2D eigenvalue weighted by Crippen LogP contribution is -2.49. The van der Waals surface area contributed by atoms with Gasteiger partial charge in [0.15, 0.2) is 0 Å². The summed E-state index contributed by atoms with van der Waals surface area (Å²) in [6.07, 6.45) is 0. The van der Waals surface area contributed by atoms with Crippen molar-refractivity contribution in [2.24, 2.45) is 0 Å². The number of hydrogen-bond acceptors (Lipinski definition) is 4. The second kappa shape index (κ2) is 8.82. The number of piperazine rings is 1. The van der Waals surface area contributed by atoms with Gasteiger partial charge in [0.05, 0.1) is 5.75 Å². The SMILES string of the molecule is Cc1ccccc1OCCN1CCN(S(=O)(=O)Cc2ccc(F)cc2)CC1. The van der Waals surface area contributed by atoms with E-state index in [0.717, 1.165) is 17.9 Å². The van der Waals surface area contributed by atoms with Crippen LogP contribution < -0.4 is 4.74 Å². The van der Waals surface area contributed by atoms with Gasteiger partial charge < -0.3 is 4.74 Å². The molecule has 0 spiro atoms. The summed E-state index contributed by atoms with van der Waals surface area (Å²) in [5.41, 5.74) is 1.71. The molecule has 2 aromatic carbocycles. The number of aryl methyl sites for hydroxylation is 1. The van der Waals surface area contributed by atoms with Crippen molar-refractivity contribution in [3.05, 3.63) is 65.5 Å². The van der Waals surface area contributed by atoms with Crippen molar-refractivity contribution in [1.82, 2.24) is 9.21 Å². The molecule has 0 N–H and O–H groups in total. The van der Waals surface area contributed by atoms with E-state index in [-0.39, 0.29) is 11.6 Å². The van der Waals surface area contributed by atoms with Crippen LogP contribution in [0.25, 0.3) is 0 Å². The molecular formula is C20H25FN2O3S. The third-order valence-corrected chi connectivity index (χ3v) is 6.60. The number of hydrogen-bond donors (Lipinski definition) is 0. The Morgan fingerprint density at radius 2 is 1.67 bits per heavy atom. The van der Waals surface area contributed by atoms with Crippen LogP contribution in [0.4, 0.5) is 4.39 Å². The number of rotatable bonds is 7. The van der Waals surface area contributed by atoms with Gasteiger partial charge in [-0.05, 0) is 36.2 Å². The van der Waals surface area contributed by atoms with Gasteiger partial charge in [-0.3, -0.25) is 4.90 Å². The zero-order valence-electron chi connectivity index (χ0n) is 15.5. The Labute approximate surface area is 160 Å². The minimum atomic E-state index is -3.39. The fourth-order valence-corrected chi connectivity index (χ4v) is 4.63. The molecule has 0 saturated carbocycles. The first kappa shape index (κ1) is 19.8. The minimum Gasteiger partial charge on any atom is -0.492 e. The molecule has 2 aromatic rings. The van der Waals surface area contributed by atoms with Crippen molar-refractivity contribution in [2.45, 2.75) is 12.7 Å². The first-order chi connectivity index (χ1) is 12.9. The predicted octanol–water partition coefficient (Wildman–Crippen LogP) is 2.66. The van der Waals surface area contributed by atoms with Crippen molar-refractivity contribution < 1.29 is 17.5 Å². The van der Waals surface area contributed by atoms with Crippen LogP contribution >= 0.6 is 0 Å². The van der Waals surface area contributed by atoms with Gasteiger partial charge in [-0.1, -0.05) is 30.3 Å². The first-order valence-corrected chi connectivity index (χ1v) is 10.7. The average Bonchev–Trinajstić information content (AvgIpc) is 2.65. The van der Waals surface area contributed by atoms with Crippen LogP contribution in [0.15, 0.2) is 48.5 Å². The fraction of sp³-hybridized carbons (Fsp3) is 0.400. The molecule has 27 heavy (non-hydrogen) atoms. The lowest BCUT2D eigenvalue weighted by molar-refractivity contribution is 0.158. The summed E-state index contributed by atoms with van der Waals surface area (Å²) < 4.78 is 45.5. The number of nitrogens with zero attached hydrogens (tertiary/aromatic N) is 2. The number of benzene rings is 2. The Morgan fingerprint density at radius 1 is 1.00 bits per heavy atom. The van der Waals surface area contributed by atoms with E-state index < -0.39 is 10.0 Å². The molecule has 0 bridgehead atoms. The normalized spacial score (nSPS) is 16.4. The highest BCUT2D eigenvalue weighted by Gasteiger charge is 2.27. The lowest BCUT2D eigenvalue weighted by atomic mass is 10.2. The zero-order valence-corrected chi connectivity index (χ0v) is 16.3. The van der Waals surface area contributed by atoms with Crippen LogP contribution in [0.3, 0.4) is 0 Å².